The second-order valence-electron chi connectivity index (χ2n) is 6.13. The molecule has 0 saturated heterocycles. The SMILES string of the molecule is CCc1ccc(CN(C)C(=O)COC(=O)c2cccc(COC)c2)cc1. The number of rotatable bonds is 8. The molecule has 5 nitrogen and oxygen atoms in total. The van der Waals surface area contributed by atoms with Crippen molar-refractivity contribution >= 4 is 11.9 Å². The zero-order valence-electron chi connectivity index (χ0n) is 15.5. The molecular weight excluding hydrogens is 330 g/mol. The first-order chi connectivity index (χ1) is 12.5. The number of hydrogen-bond acceptors (Lipinski definition) is 4. The average Bonchev–Trinajstić information content (AvgIpc) is 2.66. The molecule has 0 radical (unpaired) electrons. The van der Waals surface area contributed by atoms with Gasteiger partial charge >= 0.3 is 5.97 Å². The van der Waals surface area contributed by atoms with Gasteiger partial charge in [0.05, 0.1) is 12.2 Å². The monoisotopic (exact) mass is 355 g/mol. The van der Waals surface area contributed by atoms with Crippen LogP contribution in [0.25, 0.3) is 0 Å². The molecule has 2 aromatic carbocycles. The lowest BCUT2D eigenvalue weighted by atomic mass is 10.1. The topological polar surface area (TPSA) is 55.8 Å². The van der Waals surface area contributed by atoms with Crippen LogP contribution >= 0.6 is 0 Å². The fourth-order valence-electron chi connectivity index (χ4n) is 2.52. The third kappa shape index (κ3) is 5.70. The van der Waals surface area contributed by atoms with Crippen molar-refractivity contribution in [3.05, 3.63) is 70.8 Å². The van der Waals surface area contributed by atoms with E-state index in [2.05, 4.69) is 19.1 Å². The van der Waals surface area contributed by atoms with Gasteiger partial charge in [-0.3, -0.25) is 4.79 Å². The van der Waals surface area contributed by atoms with E-state index in [9.17, 15) is 9.59 Å². The van der Waals surface area contributed by atoms with Crippen LogP contribution in [0.1, 0.15) is 34.0 Å². The van der Waals surface area contributed by atoms with Crippen molar-refractivity contribution in [2.24, 2.45) is 0 Å². The molecule has 0 aliphatic carbocycles. The van der Waals surface area contributed by atoms with Gasteiger partial charge in [-0.25, -0.2) is 4.79 Å². The molecule has 0 bridgehead atoms. The lowest BCUT2D eigenvalue weighted by molar-refractivity contribution is -0.133. The number of likely N-dealkylation sites (N-methyl/N-ethyl adjacent to an activating group) is 1. The van der Waals surface area contributed by atoms with Crippen LogP contribution in [0.4, 0.5) is 0 Å². The molecule has 0 N–H and O–H groups in total. The Morgan fingerprint density at radius 3 is 2.35 bits per heavy atom. The first-order valence-corrected chi connectivity index (χ1v) is 8.60. The number of nitrogens with zero attached hydrogens (tertiary/aromatic N) is 1. The molecule has 0 spiro atoms. The average molecular weight is 355 g/mol. The molecule has 0 atom stereocenters. The van der Waals surface area contributed by atoms with Gasteiger partial charge in [-0.1, -0.05) is 43.3 Å². The summed E-state index contributed by atoms with van der Waals surface area (Å²) in [6, 6.07) is 15.1. The summed E-state index contributed by atoms with van der Waals surface area (Å²) in [4.78, 5) is 25.9. The van der Waals surface area contributed by atoms with E-state index in [4.69, 9.17) is 9.47 Å². The highest BCUT2D eigenvalue weighted by Gasteiger charge is 2.14. The minimum Gasteiger partial charge on any atom is -0.452 e. The molecule has 26 heavy (non-hydrogen) atoms. The lowest BCUT2D eigenvalue weighted by Crippen LogP contribution is -2.30. The normalized spacial score (nSPS) is 10.4. The quantitative estimate of drug-likeness (QED) is 0.682. The molecule has 0 fully saturated rings. The molecule has 0 aliphatic heterocycles. The zero-order chi connectivity index (χ0) is 18.9. The number of amides is 1. The van der Waals surface area contributed by atoms with Crippen LogP contribution in [0, 0.1) is 0 Å². The molecule has 1 amide bonds. The van der Waals surface area contributed by atoms with Gasteiger partial charge in [0.15, 0.2) is 6.61 Å². The fourth-order valence-corrected chi connectivity index (χ4v) is 2.52. The van der Waals surface area contributed by atoms with Crippen LogP contribution < -0.4 is 0 Å². The van der Waals surface area contributed by atoms with E-state index in [1.54, 1.807) is 37.3 Å². The highest BCUT2D eigenvalue weighted by atomic mass is 16.5. The number of hydrogen-bond donors (Lipinski definition) is 0. The van der Waals surface area contributed by atoms with Crippen LogP contribution in [0.3, 0.4) is 0 Å². The van der Waals surface area contributed by atoms with Gasteiger partial charge in [0.25, 0.3) is 5.91 Å². The Morgan fingerprint density at radius 2 is 1.69 bits per heavy atom. The molecule has 2 rings (SSSR count). The van der Waals surface area contributed by atoms with Crippen LogP contribution in [0.15, 0.2) is 48.5 Å². The maximum atomic E-state index is 12.2. The van der Waals surface area contributed by atoms with Crippen molar-refractivity contribution in [3.63, 3.8) is 0 Å². The van der Waals surface area contributed by atoms with Gasteiger partial charge in [-0.05, 0) is 35.2 Å². The van der Waals surface area contributed by atoms with Crippen LogP contribution in [-0.2, 0) is 33.8 Å². The molecule has 0 unspecified atom stereocenters. The number of carbonyl (C=O) groups is 2. The second kappa shape index (κ2) is 9.73. The Morgan fingerprint density at radius 1 is 1.00 bits per heavy atom. The summed E-state index contributed by atoms with van der Waals surface area (Å²) < 4.78 is 10.2. The number of ether oxygens (including phenoxy) is 2. The summed E-state index contributed by atoms with van der Waals surface area (Å²) >= 11 is 0. The highest BCUT2D eigenvalue weighted by Crippen LogP contribution is 2.10. The van der Waals surface area contributed by atoms with E-state index in [0.29, 0.717) is 18.7 Å². The molecule has 0 aromatic heterocycles. The summed E-state index contributed by atoms with van der Waals surface area (Å²) in [6.45, 7) is 2.71. The number of esters is 1. The predicted octanol–water partition coefficient (Wildman–Crippen LogP) is 3.21. The Kier molecular flexibility index (Phi) is 7.36. The van der Waals surface area contributed by atoms with Crippen LogP contribution in [-0.4, -0.2) is 37.5 Å². The Bertz CT molecular complexity index is 740. The number of carbonyl (C=O) groups excluding carboxylic acids is 2. The Hall–Kier alpha value is -2.66. The maximum absolute atomic E-state index is 12.2. The summed E-state index contributed by atoms with van der Waals surface area (Å²) in [5, 5.41) is 0. The lowest BCUT2D eigenvalue weighted by Gasteiger charge is -2.17. The van der Waals surface area contributed by atoms with Crippen molar-refractivity contribution in [1.82, 2.24) is 4.90 Å². The minimum absolute atomic E-state index is 0.244. The largest absolute Gasteiger partial charge is 0.452 e. The molecular formula is C21H25NO4. The summed E-state index contributed by atoms with van der Waals surface area (Å²) in [5.74, 6) is -0.761. The van der Waals surface area contributed by atoms with Crippen LogP contribution in [0.5, 0.6) is 0 Å². The first kappa shape index (κ1) is 19.7. The molecule has 0 heterocycles. The Labute approximate surface area is 154 Å². The van der Waals surface area contributed by atoms with Crippen molar-refractivity contribution in [3.8, 4) is 0 Å². The summed E-state index contributed by atoms with van der Waals surface area (Å²) in [5.41, 5.74) is 3.58. The van der Waals surface area contributed by atoms with Gasteiger partial charge in [0, 0.05) is 20.7 Å². The van der Waals surface area contributed by atoms with E-state index >= 15 is 0 Å². The maximum Gasteiger partial charge on any atom is 0.338 e. The van der Waals surface area contributed by atoms with E-state index < -0.39 is 5.97 Å². The molecule has 0 aliphatic rings. The van der Waals surface area contributed by atoms with Gasteiger partial charge in [0.1, 0.15) is 0 Å². The van der Waals surface area contributed by atoms with Crippen molar-refractivity contribution in [2.75, 3.05) is 20.8 Å². The zero-order valence-corrected chi connectivity index (χ0v) is 15.5. The third-order valence-corrected chi connectivity index (χ3v) is 4.08. The van der Waals surface area contributed by atoms with E-state index in [0.717, 1.165) is 17.5 Å². The van der Waals surface area contributed by atoms with E-state index in [1.165, 1.54) is 5.56 Å². The van der Waals surface area contributed by atoms with Crippen LogP contribution in [0.2, 0.25) is 0 Å². The molecule has 138 valence electrons. The Balaban J connectivity index is 1.86. The van der Waals surface area contributed by atoms with E-state index in [-0.39, 0.29) is 12.5 Å². The van der Waals surface area contributed by atoms with Gasteiger partial charge in [-0.2, -0.15) is 0 Å². The standard InChI is InChI=1S/C21H25NO4/c1-4-16-8-10-17(11-9-16)13-22(2)20(23)15-26-21(24)19-7-5-6-18(12-19)14-25-3/h5-12H,4,13-15H2,1-3H3. The van der Waals surface area contributed by atoms with E-state index in [1.807, 2.05) is 18.2 Å². The fraction of sp³-hybridized carbons (Fsp3) is 0.333. The highest BCUT2D eigenvalue weighted by molar-refractivity contribution is 5.91. The number of benzene rings is 2. The van der Waals surface area contributed by atoms with Gasteiger partial charge in [0.2, 0.25) is 0 Å². The van der Waals surface area contributed by atoms with Gasteiger partial charge < -0.3 is 14.4 Å². The van der Waals surface area contributed by atoms with Crippen molar-refractivity contribution in [1.29, 1.82) is 0 Å². The second-order valence-corrected chi connectivity index (χ2v) is 6.13. The summed E-state index contributed by atoms with van der Waals surface area (Å²) in [7, 11) is 3.29. The minimum atomic E-state index is -0.517. The molecule has 5 heteroatoms. The first-order valence-electron chi connectivity index (χ1n) is 8.60. The number of aryl methyl sites for hydroxylation is 1. The molecule has 2 aromatic rings. The number of methoxy groups -OCH3 is 1. The van der Waals surface area contributed by atoms with Crippen molar-refractivity contribution in [2.45, 2.75) is 26.5 Å². The van der Waals surface area contributed by atoms with Crippen molar-refractivity contribution < 1.29 is 19.1 Å². The molecule has 0 saturated carbocycles. The third-order valence-electron chi connectivity index (χ3n) is 4.08. The van der Waals surface area contributed by atoms with Gasteiger partial charge in [-0.15, -0.1) is 0 Å². The predicted molar refractivity (Wildman–Crippen MR) is 99.7 cm³/mol. The smallest absolute Gasteiger partial charge is 0.338 e. The summed E-state index contributed by atoms with van der Waals surface area (Å²) in [6.07, 6.45) is 0.983.